The zero-order valence-corrected chi connectivity index (χ0v) is 11.2. The molecule has 0 saturated carbocycles. The van der Waals surface area contributed by atoms with Crippen molar-refractivity contribution < 1.29 is 9.26 Å². The Hall–Kier alpha value is -0.940. The molecule has 2 unspecified atom stereocenters. The van der Waals surface area contributed by atoms with E-state index in [1.807, 2.05) is 14.0 Å². The highest BCUT2D eigenvalue weighted by atomic mass is 16.5. The monoisotopic (exact) mass is 241 g/mol. The zero-order valence-electron chi connectivity index (χ0n) is 11.2. The van der Waals surface area contributed by atoms with Crippen molar-refractivity contribution in [3.05, 3.63) is 11.7 Å². The molecule has 2 atom stereocenters. The molecule has 0 spiro atoms. The molecular weight excluding hydrogens is 218 g/mol. The average Bonchev–Trinajstić information content (AvgIpc) is 2.80. The molecule has 5 nitrogen and oxygen atoms in total. The SMILES string of the molecule is CCCC(OCC)c1noc(C(CC)NC)n1. The van der Waals surface area contributed by atoms with Crippen LogP contribution in [0.15, 0.2) is 4.52 Å². The predicted octanol–water partition coefficient (Wildman–Crippen LogP) is 2.62. The molecule has 0 bridgehead atoms. The van der Waals surface area contributed by atoms with Gasteiger partial charge in [0, 0.05) is 6.61 Å². The maximum absolute atomic E-state index is 5.62. The van der Waals surface area contributed by atoms with Crippen molar-refractivity contribution in [2.24, 2.45) is 0 Å². The van der Waals surface area contributed by atoms with Crippen molar-refractivity contribution in [3.63, 3.8) is 0 Å². The number of hydrogen-bond acceptors (Lipinski definition) is 5. The second-order valence-electron chi connectivity index (χ2n) is 3.97. The van der Waals surface area contributed by atoms with Gasteiger partial charge in [0.25, 0.3) is 0 Å². The highest BCUT2D eigenvalue weighted by Gasteiger charge is 2.21. The van der Waals surface area contributed by atoms with Gasteiger partial charge in [-0.05, 0) is 26.8 Å². The van der Waals surface area contributed by atoms with E-state index < -0.39 is 0 Å². The third-order valence-corrected chi connectivity index (χ3v) is 2.72. The van der Waals surface area contributed by atoms with Gasteiger partial charge in [0.1, 0.15) is 6.10 Å². The number of aromatic nitrogens is 2. The van der Waals surface area contributed by atoms with E-state index in [1.54, 1.807) is 0 Å². The smallest absolute Gasteiger partial charge is 0.243 e. The Morgan fingerprint density at radius 1 is 1.35 bits per heavy atom. The standard InChI is InChI=1S/C12H23N3O2/c1-5-8-10(16-7-3)11-14-12(17-15-11)9(6-2)13-4/h9-10,13H,5-8H2,1-4H3. The summed E-state index contributed by atoms with van der Waals surface area (Å²) in [5, 5.41) is 7.17. The van der Waals surface area contributed by atoms with Crippen LogP contribution >= 0.6 is 0 Å². The Balaban J connectivity index is 2.76. The number of nitrogens with one attached hydrogen (secondary N) is 1. The summed E-state index contributed by atoms with van der Waals surface area (Å²) in [6, 6.07) is 0.125. The third-order valence-electron chi connectivity index (χ3n) is 2.72. The molecule has 0 amide bonds. The topological polar surface area (TPSA) is 60.2 Å². The molecule has 0 saturated heterocycles. The molecular formula is C12H23N3O2. The molecule has 0 aliphatic heterocycles. The van der Waals surface area contributed by atoms with Crippen LogP contribution in [0.5, 0.6) is 0 Å². The summed E-state index contributed by atoms with van der Waals surface area (Å²) in [6.45, 7) is 6.84. The summed E-state index contributed by atoms with van der Waals surface area (Å²) in [5.41, 5.74) is 0. The van der Waals surface area contributed by atoms with Crippen LogP contribution in [-0.4, -0.2) is 23.8 Å². The first-order valence-corrected chi connectivity index (χ1v) is 6.39. The highest BCUT2D eigenvalue weighted by molar-refractivity contribution is 4.95. The fourth-order valence-electron chi connectivity index (χ4n) is 1.77. The molecule has 1 aromatic heterocycles. The predicted molar refractivity (Wildman–Crippen MR) is 65.7 cm³/mol. The Kier molecular flexibility index (Phi) is 6.15. The second kappa shape index (κ2) is 7.40. The van der Waals surface area contributed by atoms with Gasteiger partial charge in [-0.15, -0.1) is 0 Å². The van der Waals surface area contributed by atoms with Crippen LogP contribution in [0.25, 0.3) is 0 Å². The van der Waals surface area contributed by atoms with Crippen LogP contribution in [0, 0.1) is 0 Å². The highest BCUT2D eigenvalue weighted by Crippen LogP contribution is 2.22. The third kappa shape index (κ3) is 3.78. The average molecular weight is 241 g/mol. The summed E-state index contributed by atoms with van der Waals surface area (Å²) in [7, 11) is 1.89. The van der Waals surface area contributed by atoms with Crippen molar-refractivity contribution in [2.75, 3.05) is 13.7 Å². The van der Waals surface area contributed by atoms with Gasteiger partial charge in [-0.2, -0.15) is 4.98 Å². The Morgan fingerprint density at radius 3 is 2.65 bits per heavy atom. The Labute approximate surface area is 103 Å². The van der Waals surface area contributed by atoms with Crippen LogP contribution in [0.4, 0.5) is 0 Å². The normalized spacial score (nSPS) is 14.8. The second-order valence-corrected chi connectivity index (χ2v) is 3.97. The first-order valence-electron chi connectivity index (χ1n) is 6.39. The van der Waals surface area contributed by atoms with Crippen LogP contribution in [0.2, 0.25) is 0 Å². The van der Waals surface area contributed by atoms with Gasteiger partial charge in [0.2, 0.25) is 11.7 Å². The molecule has 17 heavy (non-hydrogen) atoms. The van der Waals surface area contributed by atoms with Gasteiger partial charge < -0.3 is 14.6 Å². The number of ether oxygens (including phenoxy) is 1. The van der Waals surface area contributed by atoms with Gasteiger partial charge in [-0.1, -0.05) is 25.4 Å². The Bertz CT molecular complexity index is 304. The quantitative estimate of drug-likeness (QED) is 0.758. The molecule has 5 heteroatoms. The maximum atomic E-state index is 5.62. The summed E-state index contributed by atoms with van der Waals surface area (Å²) in [4.78, 5) is 4.42. The van der Waals surface area contributed by atoms with Gasteiger partial charge in [-0.25, -0.2) is 0 Å². The first kappa shape index (κ1) is 14.1. The molecule has 0 aromatic carbocycles. The molecule has 1 aromatic rings. The first-order chi connectivity index (χ1) is 8.26. The number of nitrogens with zero attached hydrogens (tertiary/aromatic N) is 2. The van der Waals surface area contributed by atoms with Crippen molar-refractivity contribution in [1.29, 1.82) is 0 Å². The van der Waals surface area contributed by atoms with E-state index in [0.29, 0.717) is 18.3 Å². The molecule has 0 fully saturated rings. The zero-order chi connectivity index (χ0) is 12.7. The molecule has 1 N–H and O–H groups in total. The summed E-state index contributed by atoms with van der Waals surface area (Å²) >= 11 is 0. The van der Waals surface area contributed by atoms with E-state index in [0.717, 1.165) is 19.3 Å². The fourth-order valence-corrected chi connectivity index (χ4v) is 1.77. The van der Waals surface area contributed by atoms with E-state index in [4.69, 9.17) is 9.26 Å². The lowest BCUT2D eigenvalue weighted by Crippen LogP contribution is -2.15. The lowest BCUT2D eigenvalue weighted by Gasteiger charge is -2.11. The van der Waals surface area contributed by atoms with E-state index >= 15 is 0 Å². The minimum Gasteiger partial charge on any atom is -0.370 e. The number of rotatable bonds is 8. The van der Waals surface area contributed by atoms with E-state index in [-0.39, 0.29) is 12.1 Å². The van der Waals surface area contributed by atoms with Crippen LogP contribution in [-0.2, 0) is 4.74 Å². The van der Waals surface area contributed by atoms with Gasteiger partial charge >= 0.3 is 0 Å². The molecule has 0 radical (unpaired) electrons. The molecule has 1 heterocycles. The summed E-state index contributed by atoms with van der Waals surface area (Å²) in [5.74, 6) is 1.31. The van der Waals surface area contributed by atoms with Crippen LogP contribution < -0.4 is 5.32 Å². The molecule has 98 valence electrons. The summed E-state index contributed by atoms with van der Waals surface area (Å²) in [6.07, 6.45) is 2.84. The van der Waals surface area contributed by atoms with Gasteiger partial charge in [-0.3, -0.25) is 0 Å². The van der Waals surface area contributed by atoms with Crippen molar-refractivity contribution in [1.82, 2.24) is 15.5 Å². The lowest BCUT2D eigenvalue weighted by molar-refractivity contribution is 0.0477. The maximum Gasteiger partial charge on any atom is 0.243 e. The largest absolute Gasteiger partial charge is 0.370 e. The Morgan fingerprint density at radius 2 is 2.12 bits per heavy atom. The van der Waals surface area contributed by atoms with Gasteiger partial charge in [0.15, 0.2) is 0 Å². The van der Waals surface area contributed by atoms with E-state index in [1.165, 1.54) is 0 Å². The van der Waals surface area contributed by atoms with Crippen LogP contribution in [0.1, 0.15) is 63.9 Å². The molecule has 0 aliphatic rings. The van der Waals surface area contributed by atoms with Crippen molar-refractivity contribution in [3.8, 4) is 0 Å². The lowest BCUT2D eigenvalue weighted by atomic mass is 10.2. The van der Waals surface area contributed by atoms with Crippen molar-refractivity contribution in [2.45, 2.75) is 52.2 Å². The summed E-state index contributed by atoms with van der Waals surface area (Å²) < 4.78 is 10.9. The molecule has 1 rings (SSSR count). The molecule has 0 aliphatic carbocycles. The fraction of sp³-hybridized carbons (Fsp3) is 0.833. The van der Waals surface area contributed by atoms with Gasteiger partial charge in [0.05, 0.1) is 6.04 Å². The minimum atomic E-state index is -0.0446. The van der Waals surface area contributed by atoms with E-state index in [2.05, 4.69) is 29.3 Å². The number of hydrogen-bond donors (Lipinski definition) is 1. The van der Waals surface area contributed by atoms with Crippen molar-refractivity contribution >= 4 is 0 Å². The minimum absolute atomic E-state index is 0.0446. The van der Waals surface area contributed by atoms with Crippen LogP contribution in [0.3, 0.4) is 0 Å². The van der Waals surface area contributed by atoms with E-state index in [9.17, 15) is 0 Å².